The van der Waals surface area contributed by atoms with Crippen molar-refractivity contribution >= 4 is 39.8 Å². The first-order valence-electron chi connectivity index (χ1n) is 10.7. The number of nitrogens with two attached hydrogens (primary N) is 1. The number of ether oxygens (including phenoxy) is 3. The molecule has 2 amide bonds. The summed E-state index contributed by atoms with van der Waals surface area (Å²) in [5.41, 5.74) is 5.79. The molecule has 1 atom stereocenters. The summed E-state index contributed by atoms with van der Waals surface area (Å²) >= 11 is 3.31. The number of benzene rings is 1. The average molecular weight is 542 g/mol. The van der Waals surface area contributed by atoms with Gasteiger partial charge in [-0.05, 0) is 32.9 Å². The Labute approximate surface area is 207 Å². The van der Waals surface area contributed by atoms with Crippen molar-refractivity contribution in [1.82, 2.24) is 10.2 Å². The lowest BCUT2D eigenvalue weighted by Gasteiger charge is -2.26. The number of carbonyl (C=O) groups excluding carboxylic acids is 2. The minimum atomic E-state index is -0.624. The van der Waals surface area contributed by atoms with Crippen LogP contribution in [0.25, 0.3) is 0 Å². The van der Waals surface area contributed by atoms with Gasteiger partial charge < -0.3 is 40.6 Å². The fraction of sp³-hybridized carbons (Fsp3) is 0.500. The second-order valence-corrected chi connectivity index (χ2v) is 9.17. The minimum absolute atomic E-state index is 0.0848. The number of amides is 2. The molecule has 1 aliphatic rings. The van der Waals surface area contributed by atoms with E-state index in [0.717, 1.165) is 0 Å². The number of aliphatic imine (C=N–C) groups is 1. The molecule has 34 heavy (non-hydrogen) atoms. The van der Waals surface area contributed by atoms with E-state index in [1.165, 1.54) is 4.90 Å². The molecule has 2 rings (SSSR count). The molecule has 1 unspecified atom stereocenters. The first-order chi connectivity index (χ1) is 16.1. The van der Waals surface area contributed by atoms with Gasteiger partial charge in [-0.25, -0.2) is 9.79 Å². The quantitative estimate of drug-likeness (QED) is 0.188. The highest BCUT2D eigenvalue weighted by Gasteiger charge is 2.22. The summed E-state index contributed by atoms with van der Waals surface area (Å²) in [6.07, 6.45) is 1.03. The fourth-order valence-corrected chi connectivity index (χ4v) is 3.10. The number of aliphatic hydroxyl groups excluding tert-OH is 1. The van der Waals surface area contributed by atoms with E-state index in [2.05, 4.69) is 31.6 Å². The number of aliphatic hydroxyl groups is 1. The summed E-state index contributed by atoms with van der Waals surface area (Å²) in [5, 5.41) is 14.9. The summed E-state index contributed by atoms with van der Waals surface area (Å²) in [6, 6.07) is 6.97. The van der Waals surface area contributed by atoms with Gasteiger partial charge in [-0.15, -0.1) is 0 Å². The third kappa shape index (κ3) is 9.20. The van der Waals surface area contributed by atoms with Crippen LogP contribution in [0.3, 0.4) is 0 Å². The van der Waals surface area contributed by atoms with E-state index in [0.29, 0.717) is 11.4 Å². The van der Waals surface area contributed by atoms with Crippen LogP contribution in [0.15, 0.2) is 40.8 Å². The van der Waals surface area contributed by atoms with Gasteiger partial charge in [0.25, 0.3) is 5.91 Å². The fourth-order valence-electron chi connectivity index (χ4n) is 2.75. The number of hydrogen-bond acceptors (Lipinski definition) is 9. The molecular formula is C22H32BrN5O6. The SMILES string of the molecule is CC(C)(C)OC(=O)N(CCO)CCOCCOc1ccccc1NC(=O)C1=C(N)N=CC(Br)N1. The molecule has 1 aromatic carbocycles. The third-order valence-corrected chi connectivity index (χ3v) is 4.72. The lowest BCUT2D eigenvalue weighted by Crippen LogP contribution is -2.40. The monoisotopic (exact) mass is 541 g/mol. The van der Waals surface area contributed by atoms with E-state index in [-0.39, 0.29) is 56.0 Å². The van der Waals surface area contributed by atoms with E-state index >= 15 is 0 Å². The molecule has 0 saturated carbocycles. The minimum Gasteiger partial charge on any atom is -0.489 e. The molecule has 1 aromatic rings. The lowest BCUT2D eigenvalue weighted by molar-refractivity contribution is -0.113. The molecule has 1 heterocycles. The predicted molar refractivity (Wildman–Crippen MR) is 132 cm³/mol. The molecule has 0 aromatic heterocycles. The van der Waals surface area contributed by atoms with Crippen LogP contribution in [0.1, 0.15) is 20.8 Å². The second kappa shape index (κ2) is 13.2. The maximum Gasteiger partial charge on any atom is 0.410 e. The number of nitrogens with one attached hydrogen (secondary N) is 2. The topological polar surface area (TPSA) is 148 Å². The zero-order valence-corrected chi connectivity index (χ0v) is 21.1. The van der Waals surface area contributed by atoms with Gasteiger partial charge in [0.2, 0.25) is 0 Å². The molecule has 0 saturated heterocycles. The van der Waals surface area contributed by atoms with Crippen molar-refractivity contribution in [2.45, 2.75) is 31.3 Å². The first kappa shape index (κ1) is 27.4. The summed E-state index contributed by atoms with van der Waals surface area (Å²) < 4.78 is 16.6. The Balaban J connectivity index is 1.81. The largest absolute Gasteiger partial charge is 0.489 e. The van der Waals surface area contributed by atoms with Gasteiger partial charge in [0.1, 0.15) is 28.6 Å². The van der Waals surface area contributed by atoms with Crippen molar-refractivity contribution < 1.29 is 28.9 Å². The highest BCUT2D eigenvalue weighted by molar-refractivity contribution is 9.09. The average Bonchev–Trinajstić information content (AvgIpc) is 2.76. The van der Waals surface area contributed by atoms with Gasteiger partial charge in [-0.3, -0.25) is 4.79 Å². The molecule has 1 aliphatic heterocycles. The molecule has 0 aliphatic carbocycles. The van der Waals surface area contributed by atoms with Gasteiger partial charge in [0, 0.05) is 19.3 Å². The number of alkyl halides is 1. The smallest absolute Gasteiger partial charge is 0.410 e. The summed E-state index contributed by atoms with van der Waals surface area (Å²) in [4.78, 5) is 29.9. The molecular weight excluding hydrogens is 510 g/mol. The normalized spacial score (nSPS) is 15.5. The first-order valence-corrected chi connectivity index (χ1v) is 11.7. The Hall–Kier alpha value is -2.83. The zero-order valence-electron chi connectivity index (χ0n) is 19.5. The van der Waals surface area contributed by atoms with Crippen molar-refractivity contribution in [2.75, 3.05) is 44.8 Å². The van der Waals surface area contributed by atoms with E-state index in [1.54, 1.807) is 51.3 Å². The van der Waals surface area contributed by atoms with Crippen LogP contribution in [-0.4, -0.2) is 78.3 Å². The van der Waals surface area contributed by atoms with Gasteiger partial charge >= 0.3 is 6.09 Å². The van der Waals surface area contributed by atoms with Crippen molar-refractivity contribution in [3.05, 3.63) is 35.8 Å². The maximum atomic E-state index is 12.6. The Bertz CT molecular complexity index is 902. The maximum absolute atomic E-state index is 12.6. The van der Waals surface area contributed by atoms with Crippen LogP contribution in [0.4, 0.5) is 10.5 Å². The van der Waals surface area contributed by atoms with Crippen LogP contribution in [0.2, 0.25) is 0 Å². The Morgan fingerprint density at radius 3 is 2.68 bits per heavy atom. The van der Waals surface area contributed by atoms with Crippen LogP contribution in [0, 0.1) is 0 Å². The lowest BCUT2D eigenvalue weighted by atomic mass is 10.2. The van der Waals surface area contributed by atoms with E-state index in [4.69, 9.17) is 19.9 Å². The standard InChI is InChI=1S/C22H32BrN5O6/c1-22(2,3)34-21(31)28(8-10-29)9-11-32-12-13-33-16-7-5-4-6-15(16)26-20(30)18-19(24)25-14-17(23)27-18/h4-7,14,17,27,29H,8-13,24H2,1-3H3,(H,26,30). The molecule has 0 spiro atoms. The number of halogens is 1. The van der Waals surface area contributed by atoms with Crippen LogP contribution in [-0.2, 0) is 14.3 Å². The molecule has 12 heteroatoms. The second-order valence-electron chi connectivity index (χ2n) is 8.19. The van der Waals surface area contributed by atoms with Crippen LogP contribution >= 0.6 is 15.9 Å². The van der Waals surface area contributed by atoms with Gasteiger partial charge in [-0.2, -0.15) is 0 Å². The number of carbonyl (C=O) groups is 2. The highest BCUT2D eigenvalue weighted by Crippen LogP contribution is 2.24. The van der Waals surface area contributed by atoms with Crippen LogP contribution < -0.4 is 21.1 Å². The molecule has 0 radical (unpaired) electrons. The van der Waals surface area contributed by atoms with E-state index in [9.17, 15) is 14.7 Å². The predicted octanol–water partition coefficient (Wildman–Crippen LogP) is 1.77. The summed E-state index contributed by atoms with van der Waals surface area (Å²) in [5.74, 6) is 0.0998. The molecule has 188 valence electrons. The number of rotatable bonds is 11. The Kier molecular flexibility index (Phi) is 10.6. The molecule has 0 bridgehead atoms. The molecule has 5 N–H and O–H groups in total. The Morgan fingerprint density at radius 1 is 1.24 bits per heavy atom. The third-order valence-electron chi connectivity index (χ3n) is 4.26. The number of para-hydroxylation sites is 2. The molecule has 0 fully saturated rings. The van der Waals surface area contributed by atoms with E-state index in [1.807, 2.05) is 0 Å². The highest BCUT2D eigenvalue weighted by atomic mass is 79.9. The Morgan fingerprint density at radius 2 is 1.97 bits per heavy atom. The van der Waals surface area contributed by atoms with Crippen molar-refractivity contribution in [2.24, 2.45) is 10.7 Å². The van der Waals surface area contributed by atoms with E-state index < -0.39 is 17.6 Å². The van der Waals surface area contributed by atoms with Crippen molar-refractivity contribution in [3.63, 3.8) is 0 Å². The zero-order chi connectivity index (χ0) is 25.1. The van der Waals surface area contributed by atoms with Gasteiger partial charge in [0.05, 0.1) is 25.5 Å². The van der Waals surface area contributed by atoms with Crippen LogP contribution in [0.5, 0.6) is 5.75 Å². The molecule has 11 nitrogen and oxygen atoms in total. The summed E-state index contributed by atoms with van der Waals surface area (Å²) in [6.45, 7) is 6.29. The van der Waals surface area contributed by atoms with Gasteiger partial charge in [-0.1, -0.05) is 28.1 Å². The van der Waals surface area contributed by atoms with Gasteiger partial charge in [0.15, 0.2) is 5.82 Å². The number of nitrogens with zero attached hydrogens (tertiary/aromatic N) is 2. The summed E-state index contributed by atoms with van der Waals surface area (Å²) in [7, 11) is 0. The number of hydrogen-bond donors (Lipinski definition) is 4. The van der Waals surface area contributed by atoms with Crippen molar-refractivity contribution in [1.29, 1.82) is 0 Å². The van der Waals surface area contributed by atoms with Crippen molar-refractivity contribution in [3.8, 4) is 5.75 Å². The number of anilines is 1.